The van der Waals surface area contributed by atoms with E-state index in [9.17, 15) is 38.4 Å². The van der Waals surface area contributed by atoms with Crippen molar-refractivity contribution in [1.82, 2.24) is 29.4 Å². The molecule has 6 aliphatic heterocycles. The molecule has 3 unspecified atom stereocenters. The van der Waals surface area contributed by atoms with Gasteiger partial charge in [-0.1, -0.05) is 24.3 Å². The molecular formula is C93H150N14O15. The van der Waals surface area contributed by atoms with Crippen LogP contribution in [0.25, 0.3) is 0 Å². The van der Waals surface area contributed by atoms with Crippen molar-refractivity contribution < 1.29 is 71.5 Å². The van der Waals surface area contributed by atoms with Crippen LogP contribution in [0.15, 0.2) is 72.8 Å². The normalized spacial score (nSPS) is 20.3. The van der Waals surface area contributed by atoms with Gasteiger partial charge in [0.2, 0.25) is 0 Å². The Morgan fingerprint density at radius 1 is 0.328 bits per heavy atom. The summed E-state index contributed by atoms with van der Waals surface area (Å²) in [6, 6.07) is 23.5. The van der Waals surface area contributed by atoms with E-state index in [1.165, 1.54) is 0 Å². The lowest BCUT2D eigenvalue weighted by molar-refractivity contribution is -0.122. The third-order valence-electron chi connectivity index (χ3n) is 20.9. The molecule has 0 bridgehead atoms. The van der Waals surface area contributed by atoms with Gasteiger partial charge in [0.15, 0.2) is 0 Å². The van der Waals surface area contributed by atoms with E-state index in [2.05, 4.69) is 73.4 Å². The molecule has 0 radical (unpaired) electrons. The smallest absolute Gasteiger partial charge is 0.412 e. The molecule has 0 spiro atoms. The van der Waals surface area contributed by atoms with E-state index in [-0.39, 0.29) is 34.9 Å². The summed E-state index contributed by atoms with van der Waals surface area (Å²) in [4.78, 5) is 109. The van der Waals surface area contributed by atoms with Crippen LogP contribution in [0.3, 0.4) is 0 Å². The van der Waals surface area contributed by atoms with E-state index < -0.39 is 63.6 Å². The Balaban J connectivity index is 0.000000246. The van der Waals surface area contributed by atoms with E-state index >= 15 is 0 Å². The van der Waals surface area contributed by atoms with Crippen LogP contribution in [-0.4, -0.2) is 224 Å². The molecular weight excluding hydrogens is 1550 g/mol. The summed E-state index contributed by atoms with van der Waals surface area (Å²) in [6.45, 7) is 63.4. The first-order valence-electron chi connectivity index (χ1n) is 43.2. The standard InChI is InChI=1S/2C27H44N4O4.C15H26N2O3.2C12H18N2O2/c1-19-9-10-21(29-23(32)34-25(2,3)4)22(17-19)28-20-11-14-31(15-12-20)27(8)13-16-30(18-27)24(33)35-26(5,6)7;1-19-9-10-21(22(17-19)29-23(32)34-25(2,3)4)28-20-11-14-31(15-12-20)27(8)13-16-30(18-27)24(33)35-26(5,6)7;1-14(2,3)20-13(19)16-10-7-15(4,11-16)17-8-5-12(18)6-9-17;1-8-5-6-10(9(13)7-8)14-11(15)16-12(2,3)4;1-8-5-6-9(13)10(7-8)14-11(15)16-12(2,3)4/h2*9-10,17,20,28H,11-16,18H2,1-8H3,(H,29,32);5-11H2,1-4H3;2*5-7H,13H2,1-4H3,(H,14,15). The van der Waals surface area contributed by atoms with Gasteiger partial charge in [0, 0.05) is 120 Å². The summed E-state index contributed by atoms with van der Waals surface area (Å²) < 4.78 is 37.7. The van der Waals surface area contributed by atoms with Crippen molar-refractivity contribution in [1.29, 1.82) is 0 Å². The van der Waals surface area contributed by atoms with Crippen LogP contribution in [0.4, 0.5) is 79.1 Å². The average molecular weight is 1700 g/mol. The highest BCUT2D eigenvalue weighted by Crippen LogP contribution is 2.38. The van der Waals surface area contributed by atoms with Crippen molar-refractivity contribution in [3.63, 3.8) is 0 Å². The molecule has 29 nitrogen and oxygen atoms in total. The number of anilines is 8. The molecule has 122 heavy (non-hydrogen) atoms. The highest BCUT2D eigenvalue weighted by Gasteiger charge is 2.46. The number of rotatable bonds is 11. The first-order valence-corrected chi connectivity index (χ1v) is 43.2. The Hall–Kier alpha value is -9.48. The molecule has 6 aliphatic rings. The number of nitrogens with zero attached hydrogens (tertiary/aromatic N) is 6. The molecule has 0 aromatic heterocycles. The quantitative estimate of drug-likeness (QED) is 0.0511. The van der Waals surface area contributed by atoms with Crippen LogP contribution in [0.5, 0.6) is 0 Å². The Labute approximate surface area is 727 Å². The van der Waals surface area contributed by atoms with Gasteiger partial charge in [-0.3, -0.25) is 40.8 Å². The molecule has 29 heteroatoms. The fraction of sp³-hybridized carbons (Fsp3) is 0.656. The second kappa shape index (κ2) is 41.8. The number of Topliss-reactive ketones (excluding diaryl/α,β-unsaturated/α-hetero) is 1. The summed E-state index contributed by atoms with van der Waals surface area (Å²) in [5.74, 6) is 0.354. The van der Waals surface area contributed by atoms with Crippen LogP contribution in [-0.2, 0) is 38.0 Å². The minimum atomic E-state index is -0.552. The van der Waals surface area contributed by atoms with E-state index in [0.717, 1.165) is 149 Å². The Kier molecular flexibility index (Phi) is 34.7. The van der Waals surface area contributed by atoms with Gasteiger partial charge in [0.05, 0.1) is 45.5 Å². The maximum atomic E-state index is 12.5. The van der Waals surface area contributed by atoms with Gasteiger partial charge < -0.3 is 70.0 Å². The molecule has 0 aliphatic carbocycles. The Morgan fingerprint density at radius 2 is 0.598 bits per heavy atom. The van der Waals surface area contributed by atoms with Gasteiger partial charge in [-0.15, -0.1) is 0 Å². The number of hydrogen-bond donors (Lipinski definition) is 8. The van der Waals surface area contributed by atoms with Crippen LogP contribution in [0, 0.1) is 27.7 Å². The first kappa shape index (κ1) is 101. The van der Waals surface area contributed by atoms with Crippen molar-refractivity contribution in [2.75, 3.05) is 122 Å². The van der Waals surface area contributed by atoms with Gasteiger partial charge in [0.25, 0.3) is 0 Å². The molecule has 7 amide bonds. The Bertz CT molecular complexity index is 4200. The second-order valence-corrected chi connectivity index (χ2v) is 41.1. The van der Waals surface area contributed by atoms with Crippen molar-refractivity contribution in [3.8, 4) is 0 Å². The van der Waals surface area contributed by atoms with E-state index in [4.69, 9.17) is 44.6 Å². The van der Waals surface area contributed by atoms with E-state index in [0.29, 0.717) is 73.1 Å². The van der Waals surface area contributed by atoms with Crippen LogP contribution < -0.4 is 43.4 Å². The van der Waals surface area contributed by atoms with Crippen molar-refractivity contribution in [2.24, 2.45) is 0 Å². The topological polar surface area (TPSA) is 345 Å². The maximum Gasteiger partial charge on any atom is 0.412 e. The number of nitrogen functional groups attached to an aromatic ring is 2. The fourth-order valence-electron chi connectivity index (χ4n) is 14.9. The number of carbonyl (C=O) groups excluding carboxylic acids is 8. The second-order valence-electron chi connectivity index (χ2n) is 41.1. The predicted molar refractivity (Wildman–Crippen MR) is 488 cm³/mol. The minimum absolute atomic E-state index is 0.0163. The molecule has 10 rings (SSSR count). The molecule has 6 fully saturated rings. The molecule has 4 aromatic carbocycles. The third-order valence-corrected chi connectivity index (χ3v) is 20.9. The summed E-state index contributed by atoms with van der Waals surface area (Å²) in [7, 11) is 0. The van der Waals surface area contributed by atoms with Gasteiger partial charge in [0.1, 0.15) is 45.0 Å². The number of benzene rings is 4. The molecule has 6 heterocycles. The minimum Gasteiger partial charge on any atom is -0.444 e. The van der Waals surface area contributed by atoms with Crippen LogP contribution in [0.1, 0.15) is 246 Å². The predicted octanol–water partition coefficient (Wildman–Crippen LogP) is 19.1. The number of piperidine rings is 3. The molecule has 682 valence electrons. The highest BCUT2D eigenvalue weighted by atomic mass is 16.6. The van der Waals surface area contributed by atoms with Gasteiger partial charge in [-0.25, -0.2) is 33.6 Å². The number of nitrogens with one attached hydrogen (secondary N) is 6. The summed E-state index contributed by atoms with van der Waals surface area (Å²) in [5.41, 5.74) is 17.6. The number of likely N-dealkylation sites (tertiary alicyclic amines) is 6. The van der Waals surface area contributed by atoms with Gasteiger partial charge >= 0.3 is 42.7 Å². The molecule has 10 N–H and O–H groups in total. The number of amides is 7. The lowest BCUT2D eigenvalue weighted by atomic mass is 9.93. The van der Waals surface area contributed by atoms with Crippen molar-refractivity contribution in [2.45, 2.75) is 320 Å². The third kappa shape index (κ3) is 35.0. The number of hydrogen-bond acceptors (Lipinski definition) is 22. The zero-order chi connectivity index (χ0) is 91.7. The number of ketones is 1. The van der Waals surface area contributed by atoms with Gasteiger partial charge in [-0.2, -0.15) is 0 Å². The summed E-state index contributed by atoms with van der Waals surface area (Å²) in [6.07, 6.45) is 5.51. The number of ether oxygens (including phenoxy) is 7. The van der Waals surface area contributed by atoms with Crippen LogP contribution >= 0.6 is 0 Å². The lowest BCUT2D eigenvalue weighted by Gasteiger charge is -2.43. The fourth-order valence-corrected chi connectivity index (χ4v) is 14.9. The molecule has 0 saturated carbocycles. The zero-order valence-electron chi connectivity index (χ0n) is 78.9. The SMILES string of the molecule is CC(C)(C)OC(=O)N1CCC(C)(N2CCC(=O)CC2)C1.Cc1ccc(N)c(NC(=O)OC(C)(C)C)c1.Cc1ccc(NC(=O)OC(C)(C)C)c(N)c1.Cc1ccc(NC(=O)OC(C)(C)C)c(NC2CCN(C3(C)CCN(C(=O)OC(C)(C)C)C3)CC2)c1.Cc1ccc(NC2CCN(C3(C)CCN(C(=O)OC(C)(C)C)C3)CC2)c(NC(=O)OC(C)(C)C)c1. The molecule has 4 aromatic rings. The van der Waals surface area contributed by atoms with Crippen molar-refractivity contribution in [3.05, 3.63) is 95.1 Å². The molecule has 3 atom stereocenters. The van der Waals surface area contributed by atoms with Gasteiger partial charge in [-0.05, 0) is 310 Å². The first-order chi connectivity index (χ1) is 56.0. The zero-order valence-corrected chi connectivity index (χ0v) is 78.9. The maximum absolute atomic E-state index is 12.5. The Morgan fingerprint density at radius 3 is 0.943 bits per heavy atom. The summed E-state index contributed by atoms with van der Waals surface area (Å²) in [5, 5.41) is 18.3. The van der Waals surface area contributed by atoms with Crippen molar-refractivity contribution >= 4 is 93.9 Å². The van der Waals surface area contributed by atoms with E-state index in [1.807, 2.05) is 225 Å². The highest BCUT2D eigenvalue weighted by molar-refractivity contribution is 5.92. The number of nitrogens with two attached hydrogens (primary N) is 2. The lowest BCUT2D eigenvalue weighted by Crippen LogP contribution is -2.53. The van der Waals surface area contributed by atoms with Crippen LogP contribution in [0.2, 0.25) is 0 Å². The average Bonchev–Trinajstić information content (AvgIpc) is 1.65. The largest absolute Gasteiger partial charge is 0.444 e. The number of aryl methyl sites for hydroxylation is 4. The molecule has 6 saturated heterocycles. The summed E-state index contributed by atoms with van der Waals surface area (Å²) >= 11 is 0. The monoisotopic (exact) mass is 1700 g/mol. The van der Waals surface area contributed by atoms with E-state index in [1.54, 1.807) is 29.2 Å². The number of carbonyl (C=O) groups is 8.